The molecular weight excluding hydrogens is 372 g/mol. The van der Waals surface area contributed by atoms with Crippen molar-refractivity contribution in [2.45, 2.75) is 24.3 Å². The second kappa shape index (κ2) is 8.55. The minimum atomic E-state index is -0.0687. The van der Waals surface area contributed by atoms with Crippen molar-refractivity contribution in [3.05, 3.63) is 35.9 Å². The Bertz CT molecular complexity index is 987. The molecule has 0 radical (unpaired) electrons. The summed E-state index contributed by atoms with van der Waals surface area (Å²) in [4.78, 5) is 6.05. The van der Waals surface area contributed by atoms with E-state index >= 15 is 0 Å². The van der Waals surface area contributed by atoms with Crippen molar-refractivity contribution in [2.75, 3.05) is 33.1 Å². The summed E-state index contributed by atoms with van der Waals surface area (Å²) < 4.78 is 11.0. The highest BCUT2D eigenvalue weighted by Gasteiger charge is 2.18. The molecule has 1 aliphatic rings. The number of rotatable bonds is 6. The van der Waals surface area contributed by atoms with Gasteiger partial charge in [-0.25, -0.2) is 4.98 Å². The van der Waals surface area contributed by atoms with Gasteiger partial charge in [0.2, 0.25) is 0 Å². The fraction of sp³-hybridized carbons (Fsp3) is 0.409. The molecule has 5 nitrogen and oxygen atoms in total. The molecule has 2 aromatic carbocycles. The van der Waals surface area contributed by atoms with E-state index in [0.717, 1.165) is 57.7 Å². The lowest BCUT2D eigenvalue weighted by molar-refractivity contribution is 0.282. The van der Waals surface area contributed by atoms with E-state index in [2.05, 4.69) is 11.4 Å². The van der Waals surface area contributed by atoms with Crippen LogP contribution < -0.4 is 14.8 Å². The van der Waals surface area contributed by atoms with Gasteiger partial charge in [-0.2, -0.15) is 0 Å². The average Bonchev–Trinajstić information content (AvgIpc) is 2.76. The van der Waals surface area contributed by atoms with Crippen LogP contribution in [0.5, 0.6) is 11.5 Å². The molecule has 3 aromatic rings. The van der Waals surface area contributed by atoms with E-state index in [1.54, 1.807) is 14.2 Å². The molecule has 0 amide bonds. The van der Waals surface area contributed by atoms with Crippen LogP contribution in [0.2, 0.25) is 0 Å². The van der Waals surface area contributed by atoms with Crippen molar-refractivity contribution in [1.29, 1.82) is 0 Å². The molecule has 0 saturated carbocycles. The largest absolute Gasteiger partial charge is 0.497 e. The van der Waals surface area contributed by atoms with E-state index in [-0.39, 0.29) is 6.61 Å². The van der Waals surface area contributed by atoms with Crippen molar-refractivity contribution in [2.24, 2.45) is 5.92 Å². The van der Waals surface area contributed by atoms with Crippen LogP contribution in [0.25, 0.3) is 21.8 Å². The van der Waals surface area contributed by atoms with Crippen LogP contribution in [0, 0.1) is 5.92 Å². The van der Waals surface area contributed by atoms with Gasteiger partial charge >= 0.3 is 0 Å². The predicted molar refractivity (Wildman–Crippen MR) is 115 cm³/mol. The third kappa shape index (κ3) is 3.77. The van der Waals surface area contributed by atoms with Crippen LogP contribution in [0.15, 0.2) is 35.2 Å². The van der Waals surface area contributed by atoms with Crippen molar-refractivity contribution < 1.29 is 14.6 Å². The van der Waals surface area contributed by atoms with Crippen molar-refractivity contribution in [3.8, 4) is 11.5 Å². The number of hydrogen-bond acceptors (Lipinski definition) is 6. The normalized spacial score (nSPS) is 15.2. The van der Waals surface area contributed by atoms with Gasteiger partial charge in [0.1, 0.15) is 11.5 Å². The third-order valence-corrected chi connectivity index (χ3v) is 6.78. The molecule has 4 rings (SSSR count). The Morgan fingerprint density at radius 3 is 2.54 bits per heavy atom. The summed E-state index contributed by atoms with van der Waals surface area (Å²) in [5.74, 6) is 3.34. The minimum absolute atomic E-state index is 0.0687. The van der Waals surface area contributed by atoms with Crippen LogP contribution in [-0.4, -0.2) is 43.2 Å². The van der Waals surface area contributed by atoms with Crippen LogP contribution in [0.1, 0.15) is 18.4 Å². The number of pyridine rings is 1. The maximum atomic E-state index is 9.91. The Labute approximate surface area is 169 Å². The first-order valence-electron chi connectivity index (χ1n) is 9.66. The van der Waals surface area contributed by atoms with E-state index in [4.69, 9.17) is 14.5 Å². The molecule has 28 heavy (non-hydrogen) atoms. The number of nitrogens with one attached hydrogen (secondary N) is 1. The quantitative estimate of drug-likeness (QED) is 0.484. The Kier molecular flexibility index (Phi) is 5.90. The molecule has 1 saturated heterocycles. The van der Waals surface area contributed by atoms with E-state index < -0.39 is 0 Å². The number of methoxy groups -OCH3 is 2. The molecule has 2 N–H and O–H groups in total. The summed E-state index contributed by atoms with van der Waals surface area (Å²) >= 11 is 1.88. The standard InChI is InChI=1S/C22H26N2O3S/c1-26-16-3-4-20-18(10-16)22(28-13-14-5-7-23-8-6-14)19-11-17(27-2)9-15(12-25)21(19)24-20/h3-4,9-11,14,23,25H,5-8,12-13H2,1-2H3. The van der Waals surface area contributed by atoms with Gasteiger partial charge in [0.25, 0.3) is 0 Å². The summed E-state index contributed by atoms with van der Waals surface area (Å²) in [6.07, 6.45) is 2.42. The van der Waals surface area contributed by atoms with Crippen LogP contribution in [-0.2, 0) is 6.61 Å². The fourth-order valence-electron chi connectivity index (χ4n) is 3.80. The van der Waals surface area contributed by atoms with Gasteiger partial charge in [-0.3, -0.25) is 0 Å². The lowest BCUT2D eigenvalue weighted by atomic mass is 10.0. The number of hydrogen-bond donors (Lipinski definition) is 2. The molecule has 2 heterocycles. The maximum absolute atomic E-state index is 9.91. The predicted octanol–water partition coefficient (Wildman–Crippen LogP) is 3.99. The first-order chi connectivity index (χ1) is 13.7. The van der Waals surface area contributed by atoms with Crippen molar-refractivity contribution >= 4 is 33.6 Å². The van der Waals surface area contributed by atoms with Gasteiger partial charge < -0.3 is 19.9 Å². The fourth-order valence-corrected chi connectivity index (χ4v) is 5.17. The molecule has 0 atom stereocenters. The van der Waals surface area contributed by atoms with Crippen LogP contribution >= 0.6 is 11.8 Å². The Balaban J connectivity index is 1.88. The van der Waals surface area contributed by atoms with Crippen LogP contribution in [0.3, 0.4) is 0 Å². The lowest BCUT2D eigenvalue weighted by Gasteiger charge is -2.23. The van der Waals surface area contributed by atoms with E-state index in [9.17, 15) is 5.11 Å². The number of ether oxygens (including phenoxy) is 2. The zero-order valence-corrected chi connectivity index (χ0v) is 17.1. The van der Waals surface area contributed by atoms with Gasteiger partial charge in [-0.15, -0.1) is 11.8 Å². The summed E-state index contributed by atoms with van der Waals surface area (Å²) in [7, 11) is 3.34. The SMILES string of the molecule is COc1ccc2nc3c(CO)cc(OC)cc3c(SCC3CCNCC3)c2c1. The Hall–Kier alpha value is -2.02. The second-order valence-corrected chi connectivity index (χ2v) is 8.20. The average molecular weight is 399 g/mol. The van der Waals surface area contributed by atoms with E-state index in [1.807, 2.05) is 36.0 Å². The molecule has 148 valence electrons. The zero-order valence-electron chi connectivity index (χ0n) is 16.3. The molecule has 0 unspecified atom stereocenters. The second-order valence-electron chi connectivity index (χ2n) is 7.17. The molecule has 0 spiro atoms. The molecule has 1 aliphatic heterocycles. The molecule has 1 aromatic heterocycles. The first-order valence-corrected chi connectivity index (χ1v) is 10.6. The Morgan fingerprint density at radius 1 is 1.07 bits per heavy atom. The lowest BCUT2D eigenvalue weighted by Crippen LogP contribution is -2.28. The smallest absolute Gasteiger partial charge is 0.120 e. The highest BCUT2D eigenvalue weighted by molar-refractivity contribution is 7.99. The number of piperidine rings is 1. The molecule has 1 fully saturated rings. The van der Waals surface area contributed by atoms with Crippen molar-refractivity contribution in [3.63, 3.8) is 0 Å². The number of thioether (sulfide) groups is 1. The number of fused-ring (bicyclic) bond motifs is 2. The van der Waals surface area contributed by atoms with E-state index in [1.165, 1.54) is 17.7 Å². The summed E-state index contributed by atoms with van der Waals surface area (Å²) in [5, 5.41) is 15.5. The highest BCUT2D eigenvalue weighted by Crippen LogP contribution is 2.40. The highest BCUT2D eigenvalue weighted by atomic mass is 32.2. The van der Waals surface area contributed by atoms with Gasteiger partial charge in [0.05, 0.1) is 31.9 Å². The van der Waals surface area contributed by atoms with Crippen LogP contribution in [0.4, 0.5) is 0 Å². The third-order valence-electron chi connectivity index (χ3n) is 5.42. The summed E-state index contributed by atoms with van der Waals surface area (Å²) in [5.41, 5.74) is 2.55. The monoisotopic (exact) mass is 398 g/mol. The molecule has 6 heteroatoms. The number of benzene rings is 2. The molecule has 0 aliphatic carbocycles. The maximum Gasteiger partial charge on any atom is 0.120 e. The van der Waals surface area contributed by atoms with E-state index in [0.29, 0.717) is 5.92 Å². The molecular formula is C22H26N2O3S. The molecule has 0 bridgehead atoms. The minimum Gasteiger partial charge on any atom is -0.497 e. The van der Waals surface area contributed by atoms with Gasteiger partial charge in [-0.1, -0.05) is 0 Å². The summed E-state index contributed by atoms with van der Waals surface area (Å²) in [6.45, 7) is 2.12. The number of aliphatic hydroxyl groups is 1. The summed E-state index contributed by atoms with van der Waals surface area (Å²) in [6, 6.07) is 9.89. The number of aliphatic hydroxyl groups excluding tert-OH is 1. The Morgan fingerprint density at radius 2 is 1.82 bits per heavy atom. The number of aromatic nitrogens is 1. The topological polar surface area (TPSA) is 63.6 Å². The van der Waals surface area contributed by atoms with Gasteiger partial charge in [0.15, 0.2) is 0 Å². The first kappa shape index (κ1) is 19.3. The van der Waals surface area contributed by atoms with Gasteiger partial charge in [0, 0.05) is 27.0 Å². The number of nitrogens with zero attached hydrogens (tertiary/aromatic N) is 1. The van der Waals surface area contributed by atoms with Crippen molar-refractivity contribution in [1.82, 2.24) is 10.3 Å². The van der Waals surface area contributed by atoms with Gasteiger partial charge in [-0.05, 0) is 62.2 Å². The zero-order chi connectivity index (χ0) is 19.5.